The number of carbonyl (C=O) groups excluding carboxylic acids is 3. The summed E-state index contributed by atoms with van der Waals surface area (Å²) >= 11 is 0. The molecule has 0 bridgehead atoms. The van der Waals surface area contributed by atoms with E-state index in [1.54, 1.807) is 0 Å². The van der Waals surface area contributed by atoms with E-state index in [9.17, 15) is 14.4 Å². The van der Waals surface area contributed by atoms with Crippen molar-refractivity contribution < 1.29 is 24.0 Å². The van der Waals surface area contributed by atoms with Crippen molar-refractivity contribution in [2.45, 2.75) is 45.1 Å². The van der Waals surface area contributed by atoms with Crippen LogP contribution >= 0.6 is 0 Å². The summed E-state index contributed by atoms with van der Waals surface area (Å²) in [6.07, 6.45) is 6.60. The van der Waals surface area contributed by atoms with E-state index in [0.717, 1.165) is 37.8 Å². The van der Waals surface area contributed by atoms with Crippen molar-refractivity contribution in [1.82, 2.24) is 5.06 Å². The number of hydrogen-bond acceptors (Lipinski definition) is 5. The standard InChI is InChI=1S/C14H19NO5/c1-14(2,10-5-3-4-6-10)20-13(18)9-19-15-11(16)7-8-12(15)17/h7-8,10H,3-6,9H2,1-2H3. The third kappa shape index (κ3) is 3.25. The lowest BCUT2D eigenvalue weighted by Gasteiger charge is -2.31. The molecular weight excluding hydrogens is 262 g/mol. The van der Waals surface area contributed by atoms with Crippen LogP contribution in [0.4, 0.5) is 0 Å². The molecule has 1 aliphatic carbocycles. The third-order valence-electron chi connectivity index (χ3n) is 3.80. The van der Waals surface area contributed by atoms with Crippen molar-refractivity contribution in [2.24, 2.45) is 5.92 Å². The number of hydroxylamine groups is 2. The van der Waals surface area contributed by atoms with Gasteiger partial charge in [0.15, 0.2) is 6.61 Å². The van der Waals surface area contributed by atoms with Gasteiger partial charge in [0.1, 0.15) is 5.60 Å². The first-order chi connectivity index (χ1) is 9.40. The van der Waals surface area contributed by atoms with Crippen molar-refractivity contribution >= 4 is 17.8 Å². The summed E-state index contributed by atoms with van der Waals surface area (Å²) in [7, 11) is 0. The number of amides is 2. The minimum Gasteiger partial charge on any atom is -0.458 e. The Morgan fingerprint density at radius 2 is 1.80 bits per heavy atom. The normalized spacial score (nSPS) is 20.0. The molecule has 0 aromatic carbocycles. The Morgan fingerprint density at radius 1 is 1.25 bits per heavy atom. The van der Waals surface area contributed by atoms with Gasteiger partial charge < -0.3 is 4.74 Å². The van der Waals surface area contributed by atoms with Crippen LogP contribution in [0.1, 0.15) is 39.5 Å². The van der Waals surface area contributed by atoms with Crippen LogP contribution in [0.3, 0.4) is 0 Å². The molecule has 2 rings (SSSR count). The van der Waals surface area contributed by atoms with Crippen LogP contribution in [0.5, 0.6) is 0 Å². The highest BCUT2D eigenvalue weighted by Gasteiger charge is 2.35. The zero-order valence-corrected chi connectivity index (χ0v) is 11.8. The maximum absolute atomic E-state index is 11.8. The molecular formula is C14H19NO5. The number of hydrogen-bond donors (Lipinski definition) is 0. The first-order valence-electron chi connectivity index (χ1n) is 6.81. The van der Waals surface area contributed by atoms with Crippen LogP contribution in [0.2, 0.25) is 0 Å². The zero-order chi connectivity index (χ0) is 14.8. The number of rotatable bonds is 5. The minimum absolute atomic E-state index is 0.350. The molecule has 2 aliphatic rings. The maximum Gasteiger partial charge on any atom is 0.335 e. The van der Waals surface area contributed by atoms with Gasteiger partial charge in [-0.25, -0.2) is 4.79 Å². The SMILES string of the molecule is CC(C)(OC(=O)CON1C(=O)C=CC1=O)C1CCCC1. The molecule has 1 saturated carbocycles. The number of carbonyl (C=O) groups is 3. The molecule has 6 heteroatoms. The van der Waals surface area contributed by atoms with E-state index in [4.69, 9.17) is 9.57 Å². The molecule has 0 radical (unpaired) electrons. The number of esters is 1. The van der Waals surface area contributed by atoms with E-state index < -0.39 is 30.0 Å². The zero-order valence-electron chi connectivity index (χ0n) is 11.8. The van der Waals surface area contributed by atoms with Crippen molar-refractivity contribution in [3.05, 3.63) is 12.2 Å². The Morgan fingerprint density at radius 3 is 2.35 bits per heavy atom. The van der Waals surface area contributed by atoms with E-state index in [-0.39, 0.29) is 0 Å². The first kappa shape index (κ1) is 14.7. The first-order valence-corrected chi connectivity index (χ1v) is 6.81. The molecule has 1 aliphatic heterocycles. The van der Waals surface area contributed by atoms with Gasteiger partial charge in [0.05, 0.1) is 0 Å². The van der Waals surface area contributed by atoms with Crippen LogP contribution in [-0.2, 0) is 24.0 Å². The van der Waals surface area contributed by atoms with Crippen molar-refractivity contribution in [3.8, 4) is 0 Å². The highest BCUT2D eigenvalue weighted by Crippen LogP contribution is 2.36. The van der Waals surface area contributed by atoms with Gasteiger partial charge in [-0.1, -0.05) is 12.8 Å². The second-order valence-corrected chi connectivity index (χ2v) is 5.64. The molecule has 0 saturated heterocycles. The van der Waals surface area contributed by atoms with E-state index in [0.29, 0.717) is 11.0 Å². The maximum atomic E-state index is 11.8. The number of nitrogens with zero attached hydrogens (tertiary/aromatic N) is 1. The van der Waals surface area contributed by atoms with Gasteiger partial charge in [0.25, 0.3) is 11.8 Å². The summed E-state index contributed by atoms with van der Waals surface area (Å²) < 4.78 is 5.42. The van der Waals surface area contributed by atoms with Gasteiger partial charge in [-0.3, -0.25) is 14.4 Å². The third-order valence-corrected chi connectivity index (χ3v) is 3.80. The van der Waals surface area contributed by atoms with Crippen molar-refractivity contribution in [3.63, 3.8) is 0 Å². The van der Waals surface area contributed by atoms with E-state index in [2.05, 4.69) is 0 Å². The molecule has 110 valence electrons. The summed E-state index contributed by atoms with van der Waals surface area (Å²) in [4.78, 5) is 39.1. The van der Waals surface area contributed by atoms with E-state index in [1.165, 1.54) is 0 Å². The largest absolute Gasteiger partial charge is 0.458 e. The number of imide groups is 1. The van der Waals surface area contributed by atoms with E-state index >= 15 is 0 Å². The van der Waals surface area contributed by atoms with Gasteiger partial charge in [-0.05, 0) is 32.6 Å². The van der Waals surface area contributed by atoms with Gasteiger partial charge in [-0.2, -0.15) is 0 Å². The molecule has 20 heavy (non-hydrogen) atoms. The molecule has 0 unspecified atom stereocenters. The Balaban J connectivity index is 1.80. The Hall–Kier alpha value is -1.69. The fourth-order valence-electron chi connectivity index (χ4n) is 2.66. The fraction of sp³-hybridized carbons (Fsp3) is 0.643. The molecule has 1 fully saturated rings. The average Bonchev–Trinajstić information content (AvgIpc) is 2.98. The second-order valence-electron chi connectivity index (χ2n) is 5.64. The fourth-order valence-corrected chi connectivity index (χ4v) is 2.66. The lowest BCUT2D eigenvalue weighted by Crippen LogP contribution is -2.38. The molecule has 1 heterocycles. The van der Waals surface area contributed by atoms with Gasteiger partial charge in [0.2, 0.25) is 0 Å². The molecule has 0 N–H and O–H groups in total. The summed E-state index contributed by atoms with van der Waals surface area (Å²) in [6, 6.07) is 0. The van der Waals surface area contributed by atoms with Crippen molar-refractivity contribution in [2.75, 3.05) is 6.61 Å². The molecule has 0 aromatic heterocycles. The Kier molecular flexibility index (Phi) is 4.23. The lowest BCUT2D eigenvalue weighted by atomic mass is 9.89. The molecule has 0 spiro atoms. The topological polar surface area (TPSA) is 72.9 Å². The van der Waals surface area contributed by atoms with Crippen LogP contribution in [-0.4, -0.2) is 35.1 Å². The highest BCUT2D eigenvalue weighted by atomic mass is 16.7. The summed E-state index contributed by atoms with van der Waals surface area (Å²) in [6.45, 7) is 3.32. The quantitative estimate of drug-likeness (QED) is 0.562. The van der Waals surface area contributed by atoms with Crippen LogP contribution in [0, 0.1) is 5.92 Å². The second kappa shape index (κ2) is 5.75. The van der Waals surface area contributed by atoms with Crippen molar-refractivity contribution in [1.29, 1.82) is 0 Å². The summed E-state index contributed by atoms with van der Waals surface area (Å²) in [5, 5.41) is 0.559. The molecule has 0 aromatic rings. The van der Waals surface area contributed by atoms with Crippen LogP contribution < -0.4 is 0 Å². The van der Waals surface area contributed by atoms with Gasteiger partial charge in [-0.15, -0.1) is 5.06 Å². The molecule has 2 amide bonds. The van der Waals surface area contributed by atoms with Crippen LogP contribution in [0.25, 0.3) is 0 Å². The number of ether oxygens (including phenoxy) is 1. The monoisotopic (exact) mass is 281 g/mol. The smallest absolute Gasteiger partial charge is 0.335 e. The summed E-state index contributed by atoms with van der Waals surface area (Å²) in [5.74, 6) is -1.40. The van der Waals surface area contributed by atoms with E-state index in [1.807, 2.05) is 13.8 Å². The Labute approximate surface area is 117 Å². The predicted molar refractivity (Wildman–Crippen MR) is 69.1 cm³/mol. The van der Waals surface area contributed by atoms with Gasteiger partial charge in [0, 0.05) is 12.2 Å². The average molecular weight is 281 g/mol. The predicted octanol–water partition coefficient (Wildman–Crippen LogP) is 1.35. The summed E-state index contributed by atoms with van der Waals surface area (Å²) in [5.41, 5.74) is -0.547. The molecule has 0 atom stereocenters. The minimum atomic E-state index is -0.585. The molecule has 6 nitrogen and oxygen atoms in total. The Bertz CT molecular complexity index is 430. The highest BCUT2D eigenvalue weighted by molar-refractivity contribution is 6.11. The lowest BCUT2D eigenvalue weighted by molar-refractivity contribution is -0.197. The van der Waals surface area contributed by atoms with Gasteiger partial charge >= 0.3 is 5.97 Å². The van der Waals surface area contributed by atoms with Crippen LogP contribution in [0.15, 0.2) is 12.2 Å².